The number of thioether (sulfide) groups is 1. The van der Waals surface area contributed by atoms with Crippen LogP contribution in [0.2, 0.25) is 0 Å². The maximum atomic E-state index is 12.9. The molecule has 0 saturated carbocycles. The van der Waals surface area contributed by atoms with Crippen LogP contribution in [0.15, 0.2) is 23.6 Å². The van der Waals surface area contributed by atoms with E-state index in [1.165, 1.54) is 24.0 Å². The largest absolute Gasteiger partial charge is 0.329 e. The second-order valence-corrected chi connectivity index (χ2v) is 4.22. The molecule has 2 rings (SSSR count). The summed E-state index contributed by atoms with van der Waals surface area (Å²) in [5, 5.41) is 11.9. The maximum Gasteiger partial charge on any atom is 0.209 e. The van der Waals surface area contributed by atoms with Gasteiger partial charge in [-0.15, -0.1) is 5.10 Å². The number of rotatable bonds is 5. The van der Waals surface area contributed by atoms with Gasteiger partial charge in [-0.3, -0.25) is 4.98 Å². The summed E-state index contributed by atoms with van der Waals surface area (Å²) in [6, 6.07) is 1.44. The van der Waals surface area contributed by atoms with Crippen molar-refractivity contribution in [3.05, 3.63) is 29.8 Å². The minimum absolute atomic E-state index is 0.343. The molecule has 0 aromatic carbocycles. The Kier molecular flexibility index (Phi) is 3.99. The molecule has 90 valence electrons. The number of hydrogen-bond donors (Lipinski definition) is 1. The average Bonchev–Trinajstić information content (AvgIpc) is 2.75. The Labute approximate surface area is 101 Å². The molecule has 0 aliphatic rings. The van der Waals surface area contributed by atoms with Crippen molar-refractivity contribution in [2.24, 2.45) is 5.73 Å². The Balaban J connectivity index is 1.99. The molecular formula is C9H11FN6S. The van der Waals surface area contributed by atoms with Crippen molar-refractivity contribution in [3.8, 4) is 0 Å². The number of nitrogens with zero attached hydrogens (tertiary/aromatic N) is 5. The van der Waals surface area contributed by atoms with E-state index in [0.717, 1.165) is 5.56 Å². The van der Waals surface area contributed by atoms with Gasteiger partial charge < -0.3 is 5.73 Å². The van der Waals surface area contributed by atoms with E-state index in [-0.39, 0.29) is 5.82 Å². The zero-order valence-electron chi connectivity index (χ0n) is 8.95. The molecule has 6 nitrogen and oxygen atoms in total. The van der Waals surface area contributed by atoms with Gasteiger partial charge in [-0.2, -0.15) is 0 Å². The van der Waals surface area contributed by atoms with E-state index in [1.54, 1.807) is 10.9 Å². The van der Waals surface area contributed by atoms with Gasteiger partial charge in [-0.1, -0.05) is 11.8 Å². The highest BCUT2D eigenvalue weighted by Crippen LogP contribution is 2.19. The van der Waals surface area contributed by atoms with Gasteiger partial charge in [0.2, 0.25) is 5.16 Å². The van der Waals surface area contributed by atoms with Gasteiger partial charge in [0.05, 0.1) is 12.7 Å². The third-order valence-corrected chi connectivity index (χ3v) is 3.00. The minimum Gasteiger partial charge on any atom is -0.329 e. The van der Waals surface area contributed by atoms with Gasteiger partial charge in [-0.25, -0.2) is 9.07 Å². The molecule has 17 heavy (non-hydrogen) atoms. The Hall–Kier alpha value is -1.54. The van der Waals surface area contributed by atoms with Gasteiger partial charge in [0.1, 0.15) is 5.82 Å². The van der Waals surface area contributed by atoms with Crippen LogP contribution in [0.5, 0.6) is 0 Å². The molecule has 0 amide bonds. The lowest BCUT2D eigenvalue weighted by Crippen LogP contribution is -2.12. The Morgan fingerprint density at radius 3 is 3.06 bits per heavy atom. The molecule has 0 radical (unpaired) electrons. The first-order valence-corrected chi connectivity index (χ1v) is 5.96. The van der Waals surface area contributed by atoms with Crippen molar-refractivity contribution in [2.75, 3.05) is 6.54 Å². The summed E-state index contributed by atoms with van der Waals surface area (Å²) in [4.78, 5) is 3.78. The lowest BCUT2D eigenvalue weighted by atomic mass is 10.3. The van der Waals surface area contributed by atoms with Crippen LogP contribution >= 0.6 is 11.8 Å². The van der Waals surface area contributed by atoms with Crippen molar-refractivity contribution in [3.63, 3.8) is 0 Å². The topological polar surface area (TPSA) is 82.5 Å². The first-order chi connectivity index (χ1) is 8.29. The van der Waals surface area contributed by atoms with Crippen molar-refractivity contribution < 1.29 is 4.39 Å². The van der Waals surface area contributed by atoms with E-state index >= 15 is 0 Å². The second-order valence-electron chi connectivity index (χ2n) is 3.27. The van der Waals surface area contributed by atoms with Gasteiger partial charge >= 0.3 is 0 Å². The summed E-state index contributed by atoms with van der Waals surface area (Å²) >= 11 is 1.42. The van der Waals surface area contributed by atoms with Gasteiger partial charge in [-0.05, 0) is 22.1 Å². The molecule has 8 heteroatoms. The fourth-order valence-electron chi connectivity index (χ4n) is 1.25. The monoisotopic (exact) mass is 254 g/mol. The SMILES string of the molecule is NCCn1nnnc1SCc1cncc(F)c1. The normalized spacial score (nSPS) is 10.7. The number of nitrogens with two attached hydrogens (primary N) is 1. The van der Waals surface area contributed by atoms with Crippen LogP contribution in [0.25, 0.3) is 0 Å². The van der Waals surface area contributed by atoms with Crippen LogP contribution in [0, 0.1) is 5.82 Å². The third kappa shape index (κ3) is 3.21. The molecule has 0 bridgehead atoms. The third-order valence-electron chi connectivity index (χ3n) is 1.97. The van der Waals surface area contributed by atoms with E-state index in [1.807, 2.05) is 0 Å². The number of tetrazole rings is 1. The van der Waals surface area contributed by atoms with Crippen LogP contribution in [0.1, 0.15) is 5.56 Å². The number of hydrogen-bond acceptors (Lipinski definition) is 6. The average molecular weight is 254 g/mol. The fraction of sp³-hybridized carbons (Fsp3) is 0.333. The smallest absolute Gasteiger partial charge is 0.209 e. The van der Waals surface area contributed by atoms with Gasteiger partial charge in [0, 0.05) is 18.5 Å². The standard InChI is InChI=1S/C9H11FN6S/c10-8-3-7(4-12-5-8)6-17-9-13-14-15-16(9)2-1-11/h3-5H,1-2,6,11H2. The van der Waals surface area contributed by atoms with Crippen LogP contribution in [-0.2, 0) is 12.3 Å². The lowest BCUT2D eigenvalue weighted by Gasteiger charge is -2.02. The summed E-state index contributed by atoms with van der Waals surface area (Å²) in [7, 11) is 0. The van der Waals surface area contributed by atoms with Crippen molar-refractivity contribution in [2.45, 2.75) is 17.5 Å². The molecule has 0 spiro atoms. The van der Waals surface area contributed by atoms with Crippen LogP contribution in [0.3, 0.4) is 0 Å². The van der Waals surface area contributed by atoms with Crippen LogP contribution < -0.4 is 5.73 Å². The summed E-state index contributed by atoms with van der Waals surface area (Å²) < 4.78 is 14.5. The van der Waals surface area contributed by atoms with E-state index in [2.05, 4.69) is 20.5 Å². The summed E-state index contributed by atoms with van der Waals surface area (Å²) in [6.07, 6.45) is 2.79. The van der Waals surface area contributed by atoms with Crippen molar-refractivity contribution >= 4 is 11.8 Å². The summed E-state index contributed by atoms with van der Waals surface area (Å²) in [5.41, 5.74) is 6.22. The minimum atomic E-state index is -0.343. The molecule has 2 aromatic rings. The Bertz CT molecular complexity index is 488. The van der Waals surface area contributed by atoms with E-state index in [9.17, 15) is 4.39 Å². The molecule has 0 aliphatic carbocycles. The summed E-state index contributed by atoms with van der Waals surface area (Å²) in [5.74, 6) is 0.222. The molecular weight excluding hydrogens is 243 g/mol. The van der Waals surface area contributed by atoms with Crippen molar-refractivity contribution in [1.29, 1.82) is 0 Å². The fourth-order valence-corrected chi connectivity index (χ4v) is 2.07. The molecule has 0 fully saturated rings. The van der Waals surface area contributed by atoms with Crippen LogP contribution in [0.4, 0.5) is 4.39 Å². The van der Waals surface area contributed by atoms with E-state index in [4.69, 9.17) is 5.73 Å². The van der Waals surface area contributed by atoms with Crippen molar-refractivity contribution in [1.82, 2.24) is 25.2 Å². The van der Waals surface area contributed by atoms with Gasteiger partial charge in [0.25, 0.3) is 0 Å². The highest BCUT2D eigenvalue weighted by molar-refractivity contribution is 7.98. The molecule has 2 aromatic heterocycles. The molecule has 2 N–H and O–H groups in total. The molecule has 0 atom stereocenters. The van der Waals surface area contributed by atoms with Gasteiger partial charge in [0.15, 0.2) is 0 Å². The number of pyridine rings is 1. The Morgan fingerprint density at radius 2 is 2.29 bits per heavy atom. The number of aromatic nitrogens is 5. The lowest BCUT2D eigenvalue weighted by molar-refractivity contribution is 0.557. The van der Waals surface area contributed by atoms with E-state index < -0.39 is 0 Å². The quantitative estimate of drug-likeness (QED) is 0.780. The first kappa shape index (κ1) is 11.9. The number of halogens is 1. The molecule has 2 heterocycles. The Morgan fingerprint density at radius 1 is 1.41 bits per heavy atom. The molecule has 0 aliphatic heterocycles. The summed E-state index contributed by atoms with van der Waals surface area (Å²) in [6.45, 7) is 1.04. The molecule has 0 saturated heterocycles. The zero-order chi connectivity index (χ0) is 12.1. The second kappa shape index (κ2) is 5.69. The highest BCUT2D eigenvalue weighted by Gasteiger charge is 2.06. The first-order valence-electron chi connectivity index (χ1n) is 4.98. The predicted octanol–water partition coefficient (Wildman–Crippen LogP) is 0.458. The van der Waals surface area contributed by atoms with Crippen LogP contribution in [-0.4, -0.2) is 31.7 Å². The molecule has 0 unspecified atom stereocenters. The maximum absolute atomic E-state index is 12.9. The predicted molar refractivity (Wildman–Crippen MR) is 60.6 cm³/mol. The highest BCUT2D eigenvalue weighted by atomic mass is 32.2. The zero-order valence-corrected chi connectivity index (χ0v) is 9.77. The van der Waals surface area contributed by atoms with E-state index in [0.29, 0.717) is 24.0 Å².